The lowest BCUT2D eigenvalue weighted by Crippen LogP contribution is -2.40. The van der Waals surface area contributed by atoms with E-state index in [-0.39, 0.29) is 17.7 Å². The number of hydrogen-bond acceptors (Lipinski definition) is 9. The van der Waals surface area contributed by atoms with E-state index in [0.29, 0.717) is 23.3 Å². The van der Waals surface area contributed by atoms with Crippen molar-refractivity contribution >= 4 is 41.2 Å². The zero-order chi connectivity index (χ0) is 30.6. The number of amides is 1. The summed E-state index contributed by atoms with van der Waals surface area (Å²) in [6.45, 7) is 2.34. The van der Waals surface area contributed by atoms with Crippen molar-refractivity contribution in [3.8, 4) is 17.1 Å². The molecule has 1 aliphatic heterocycles. The molecule has 1 aromatic heterocycles. The van der Waals surface area contributed by atoms with E-state index in [1.165, 1.54) is 34.9 Å². The van der Waals surface area contributed by atoms with E-state index in [4.69, 9.17) is 4.74 Å². The topological polar surface area (TPSA) is 96.7 Å². The van der Waals surface area contributed by atoms with Crippen LogP contribution in [0.25, 0.3) is 17.1 Å². The Labute approximate surface area is 255 Å². The number of thiol groups is 1. The predicted molar refractivity (Wildman–Crippen MR) is 164 cm³/mol. The van der Waals surface area contributed by atoms with Crippen molar-refractivity contribution in [3.63, 3.8) is 0 Å². The molecule has 2 heterocycles. The molecule has 1 amide bonds. The number of halogens is 3. The Morgan fingerprint density at radius 2 is 1.79 bits per heavy atom. The van der Waals surface area contributed by atoms with Crippen LogP contribution in [0, 0.1) is 0 Å². The molecule has 43 heavy (non-hydrogen) atoms. The Morgan fingerprint density at radius 1 is 1.07 bits per heavy atom. The quantitative estimate of drug-likeness (QED) is 0.120. The Morgan fingerprint density at radius 3 is 2.49 bits per heavy atom. The molecule has 3 aromatic carbocycles. The smallest absolute Gasteiger partial charge is 0.380 e. The first-order chi connectivity index (χ1) is 20.6. The lowest BCUT2D eigenvalue weighted by Gasteiger charge is -2.21. The van der Waals surface area contributed by atoms with Gasteiger partial charge in [-0.1, -0.05) is 54.2 Å². The van der Waals surface area contributed by atoms with Crippen molar-refractivity contribution in [2.45, 2.75) is 31.2 Å². The number of thioether (sulfide) groups is 1. The molecule has 1 saturated heterocycles. The number of para-hydroxylation sites is 1. The van der Waals surface area contributed by atoms with Gasteiger partial charge in [-0.2, -0.15) is 13.2 Å². The van der Waals surface area contributed by atoms with Crippen LogP contribution in [0.15, 0.2) is 84.1 Å². The van der Waals surface area contributed by atoms with Crippen LogP contribution in [0.1, 0.15) is 29.7 Å². The highest BCUT2D eigenvalue weighted by Crippen LogP contribution is 2.31. The molecule has 9 nitrogen and oxygen atoms in total. The molecule has 14 heteroatoms. The highest BCUT2D eigenvalue weighted by atomic mass is 32.2. The fraction of sp³-hybridized carbons (Fsp3) is 0.241. The first-order valence-electron chi connectivity index (χ1n) is 13.1. The van der Waals surface area contributed by atoms with E-state index in [1.54, 1.807) is 12.0 Å². The number of aliphatic imine (C=N–C) groups is 1. The summed E-state index contributed by atoms with van der Waals surface area (Å²) in [6, 6.07) is 19.7. The lowest BCUT2D eigenvalue weighted by atomic mass is 10.1. The number of aromatic nitrogens is 3. The van der Waals surface area contributed by atoms with E-state index in [2.05, 4.69) is 38.6 Å². The predicted octanol–water partition coefficient (Wildman–Crippen LogP) is 5.60. The van der Waals surface area contributed by atoms with Crippen LogP contribution < -0.4 is 15.8 Å². The normalized spacial score (nSPS) is 16.2. The van der Waals surface area contributed by atoms with Gasteiger partial charge in [-0.05, 0) is 42.8 Å². The van der Waals surface area contributed by atoms with Gasteiger partial charge in [0, 0.05) is 24.3 Å². The number of rotatable bonds is 10. The van der Waals surface area contributed by atoms with E-state index < -0.39 is 17.2 Å². The van der Waals surface area contributed by atoms with E-state index in [9.17, 15) is 18.0 Å². The van der Waals surface area contributed by atoms with Crippen molar-refractivity contribution in [2.75, 3.05) is 17.8 Å². The minimum atomic E-state index is -4.40. The number of amidine groups is 1. The number of benzene rings is 3. The standard InChI is InChI=1S/C29H28F3N7O2S2/c1-18(35-36-27(42)34-28-39(25(40)16-43-28)24-6-4-3-5-21(24)15-41-2)19-7-9-20(10-8-19)26-33-17-38(37-26)23-13-11-22(12-14-23)29(30,31)32/h3-14,17-18,27,35-36,42H,15-16H2,1-2H3. The summed E-state index contributed by atoms with van der Waals surface area (Å²) < 4.78 is 45.3. The van der Waals surface area contributed by atoms with Crippen LogP contribution in [0.5, 0.6) is 0 Å². The van der Waals surface area contributed by atoms with Gasteiger partial charge in [0.15, 0.2) is 16.5 Å². The number of carbonyl (C=O) groups is 1. The lowest BCUT2D eigenvalue weighted by molar-refractivity contribution is -0.137. The maximum absolute atomic E-state index is 12.9. The van der Waals surface area contributed by atoms with E-state index in [1.807, 2.05) is 55.5 Å². The number of hydrazine groups is 1. The van der Waals surface area contributed by atoms with Crippen LogP contribution >= 0.6 is 24.4 Å². The minimum absolute atomic E-state index is 0.0621. The molecular formula is C29H28F3N7O2S2. The van der Waals surface area contributed by atoms with Gasteiger partial charge in [-0.3, -0.25) is 9.69 Å². The third-order valence-corrected chi connectivity index (χ3v) is 7.76. The second kappa shape index (κ2) is 13.3. The largest absolute Gasteiger partial charge is 0.416 e. The monoisotopic (exact) mass is 627 g/mol. The highest BCUT2D eigenvalue weighted by Gasteiger charge is 2.32. The molecule has 0 bridgehead atoms. The summed E-state index contributed by atoms with van der Waals surface area (Å²) in [4.78, 5) is 23.2. The first-order valence-corrected chi connectivity index (χ1v) is 14.6. The van der Waals surface area contributed by atoms with Gasteiger partial charge >= 0.3 is 6.18 Å². The Balaban J connectivity index is 1.20. The van der Waals surface area contributed by atoms with E-state index >= 15 is 0 Å². The average molecular weight is 628 g/mol. The van der Waals surface area contributed by atoms with E-state index in [0.717, 1.165) is 34.5 Å². The summed E-state index contributed by atoms with van der Waals surface area (Å²) in [5, 5.41) is 4.95. The van der Waals surface area contributed by atoms with Gasteiger partial charge < -0.3 is 4.74 Å². The van der Waals surface area contributed by atoms with Gasteiger partial charge in [0.1, 0.15) is 6.33 Å². The molecule has 224 valence electrons. The fourth-order valence-electron chi connectivity index (χ4n) is 4.36. The maximum atomic E-state index is 12.9. The zero-order valence-electron chi connectivity index (χ0n) is 23.1. The van der Waals surface area contributed by atoms with Crippen molar-refractivity contribution < 1.29 is 22.7 Å². The van der Waals surface area contributed by atoms with Crippen molar-refractivity contribution in [3.05, 3.63) is 95.8 Å². The molecule has 2 atom stereocenters. The van der Waals surface area contributed by atoms with Crippen LogP contribution in [0.3, 0.4) is 0 Å². The summed E-state index contributed by atoms with van der Waals surface area (Å²) >= 11 is 5.90. The number of methoxy groups -OCH3 is 1. The molecule has 4 aromatic rings. The summed E-state index contributed by atoms with van der Waals surface area (Å²) in [6.07, 6.45) is -2.94. The third-order valence-electron chi connectivity index (χ3n) is 6.58. The van der Waals surface area contributed by atoms with Gasteiger partial charge in [-0.25, -0.2) is 25.5 Å². The summed E-state index contributed by atoms with van der Waals surface area (Å²) in [5.41, 5.74) is 8.71. The first kappa shape index (κ1) is 30.8. The molecular weight excluding hydrogens is 599 g/mol. The Bertz CT molecular complexity index is 1590. The summed E-state index contributed by atoms with van der Waals surface area (Å²) in [7, 11) is 1.61. The molecule has 0 aliphatic carbocycles. The van der Waals surface area contributed by atoms with Crippen molar-refractivity contribution in [1.29, 1.82) is 0 Å². The molecule has 1 aliphatic rings. The van der Waals surface area contributed by atoms with Gasteiger partial charge in [0.2, 0.25) is 5.91 Å². The van der Waals surface area contributed by atoms with Crippen LogP contribution in [0.2, 0.25) is 0 Å². The Kier molecular flexibility index (Phi) is 9.52. The highest BCUT2D eigenvalue weighted by molar-refractivity contribution is 8.15. The zero-order valence-corrected chi connectivity index (χ0v) is 24.8. The SMILES string of the molecule is COCc1ccccc1N1C(=O)CSC1=NC(S)NNC(C)c1ccc(-c2ncn(-c3ccc(C(F)(F)F)cc3)n2)cc1. The van der Waals surface area contributed by atoms with Gasteiger partial charge in [-0.15, -0.1) is 17.7 Å². The number of hydrogen-bond donors (Lipinski definition) is 3. The van der Waals surface area contributed by atoms with Crippen LogP contribution in [0.4, 0.5) is 18.9 Å². The molecule has 2 N–H and O–H groups in total. The van der Waals surface area contributed by atoms with Gasteiger partial charge in [0.25, 0.3) is 0 Å². The number of ether oxygens (including phenoxy) is 1. The maximum Gasteiger partial charge on any atom is 0.416 e. The second-order valence-electron chi connectivity index (χ2n) is 9.55. The molecule has 0 radical (unpaired) electrons. The molecule has 2 unspecified atom stereocenters. The third kappa shape index (κ3) is 7.28. The molecule has 1 fully saturated rings. The minimum Gasteiger partial charge on any atom is -0.380 e. The summed E-state index contributed by atoms with van der Waals surface area (Å²) in [5.74, 6) is 0.665. The molecule has 0 saturated carbocycles. The second-order valence-corrected chi connectivity index (χ2v) is 11.0. The Hall–Kier alpha value is -3.69. The number of carbonyl (C=O) groups excluding carboxylic acids is 1. The fourth-order valence-corrected chi connectivity index (χ4v) is 5.52. The molecule has 5 rings (SSSR count). The number of nitrogens with one attached hydrogen (secondary N) is 2. The average Bonchev–Trinajstić information content (AvgIpc) is 3.63. The van der Waals surface area contributed by atoms with Crippen molar-refractivity contribution in [1.82, 2.24) is 25.6 Å². The van der Waals surface area contributed by atoms with Crippen molar-refractivity contribution in [2.24, 2.45) is 4.99 Å². The van der Waals surface area contributed by atoms with Crippen LogP contribution in [-0.4, -0.2) is 44.2 Å². The van der Waals surface area contributed by atoms with Crippen LogP contribution in [-0.2, 0) is 22.3 Å². The molecule has 0 spiro atoms. The number of anilines is 1. The van der Waals surface area contributed by atoms with Gasteiger partial charge in [0.05, 0.1) is 29.3 Å². The number of nitrogens with zero attached hydrogens (tertiary/aromatic N) is 5. The number of alkyl halides is 3.